The standard InChI is InChI=1S/C21H24ClN3O2/c1-14(23)10-11-24-20(26)19-12-15-6-2-3-7-16(15)13-25(19)21(27)17-8-4-5-9-18(17)22/h2-9,14,19H,10-13,23H2,1H3,(H,24,26). The Kier molecular flexibility index (Phi) is 6.14. The van der Waals surface area contributed by atoms with Gasteiger partial charge in [-0.1, -0.05) is 48.0 Å². The van der Waals surface area contributed by atoms with Gasteiger partial charge in [0.15, 0.2) is 0 Å². The van der Waals surface area contributed by atoms with Gasteiger partial charge in [0.1, 0.15) is 6.04 Å². The van der Waals surface area contributed by atoms with Crippen LogP contribution < -0.4 is 11.1 Å². The largest absolute Gasteiger partial charge is 0.354 e. The number of hydrogen-bond donors (Lipinski definition) is 2. The number of fused-ring (bicyclic) bond motifs is 1. The van der Waals surface area contributed by atoms with Crippen molar-refractivity contribution in [1.82, 2.24) is 10.2 Å². The number of carbonyl (C=O) groups is 2. The van der Waals surface area contributed by atoms with Crippen LogP contribution in [0.5, 0.6) is 0 Å². The zero-order chi connectivity index (χ0) is 19.4. The molecule has 6 heteroatoms. The van der Waals surface area contributed by atoms with Crippen LogP contribution in [0, 0.1) is 0 Å². The van der Waals surface area contributed by atoms with Crippen LogP contribution in [0.2, 0.25) is 5.02 Å². The monoisotopic (exact) mass is 385 g/mol. The predicted octanol–water partition coefficient (Wildman–Crippen LogP) is 2.76. The maximum absolute atomic E-state index is 13.2. The van der Waals surface area contributed by atoms with Crippen molar-refractivity contribution in [3.8, 4) is 0 Å². The quantitative estimate of drug-likeness (QED) is 0.830. The lowest BCUT2D eigenvalue weighted by molar-refractivity contribution is -0.126. The predicted molar refractivity (Wildman–Crippen MR) is 107 cm³/mol. The van der Waals surface area contributed by atoms with E-state index in [0.29, 0.717) is 36.5 Å². The molecule has 3 N–H and O–H groups in total. The Bertz CT molecular complexity index is 838. The van der Waals surface area contributed by atoms with Crippen LogP contribution in [0.1, 0.15) is 34.8 Å². The molecule has 0 radical (unpaired) electrons. The number of nitrogens with one attached hydrogen (secondary N) is 1. The van der Waals surface area contributed by atoms with E-state index >= 15 is 0 Å². The summed E-state index contributed by atoms with van der Waals surface area (Å²) in [4.78, 5) is 27.6. The molecule has 2 atom stereocenters. The van der Waals surface area contributed by atoms with Gasteiger partial charge in [0.25, 0.3) is 5.91 Å². The molecule has 0 saturated heterocycles. The molecule has 1 aliphatic rings. The molecular formula is C21H24ClN3O2. The van der Waals surface area contributed by atoms with Crippen LogP contribution in [-0.2, 0) is 17.8 Å². The molecule has 2 aromatic rings. The molecule has 142 valence electrons. The molecule has 1 heterocycles. The second-order valence-electron chi connectivity index (χ2n) is 6.96. The van der Waals surface area contributed by atoms with E-state index in [0.717, 1.165) is 11.1 Å². The van der Waals surface area contributed by atoms with Crippen LogP contribution >= 0.6 is 11.6 Å². The summed E-state index contributed by atoms with van der Waals surface area (Å²) in [5, 5.41) is 3.31. The van der Waals surface area contributed by atoms with Gasteiger partial charge in [0.05, 0.1) is 10.6 Å². The van der Waals surface area contributed by atoms with Gasteiger partial charge in [-0.25, -0.2) is 0 Å². The normalized spacial score (nSPS) is 17.1. The van der Waals surface area contributed by atoms with Gasteiger partial charge in [-0.3, -0.25) is 9.59 Å². The third kappa shape index (κ3) is 4.49. The molecule has 2 amide bonds. The summed E-state index contributed by atoms with van der Waals surface area (Å²) in [6.07, 6.45) is 1.17. The Morgan fingerprint density at radius 2 is 1.85 bits per heavy atom. The summed E-state index contributed by atoms with van der Waals surface area (Å²) in [5.41, 5.74) is 8.31. The first-order valence-corrected chi connectivity index (χ1v) is 9.50. The van der Waals surface area contributed by atoms with E-state index < -0.39 is 6.04 Å². The summed E-state index contributed by atoms with van der Waals surface area (Å²) in [7, 11) is 0. The molecule has 0 saturated carbocycles. The minimum Gasteiger partial charge on any atom is -0.354 e. The fourth-order valence-corrected chi connectivity index (χ4v) is 3.52. The molecule has 0 bridgehead atoms. The lowest BCUT2D eigenvalue weighted by atomic mass is 9.92. The topological polar surface area (TPSA) is 75.4 Å². The van der Waals surface area contributed by atoms with Crippen molar-refractivity contribution in [1.29, 1.82) is 0 Å². The van der Waals surface area contributed by atoms with E-state index in [4.69, 9.17) is 17.3 Å². The first-order valence-electron chi connectivity index (χ1n) is 9.13. The highest BCUT2D eigenvalue weighted by Crippen LogP contribution is 2.27. The van der Waals surface area contributed by atoms with Crippen molar-refractivity contribution in [2.45, 2.75) is 38.4 Å². The van der Waals surface area contributed by atoms with E-state index in [1.807, 2.05) is 31.2 Å². The number of amides is 2. The van der Waals surface area contributed by atoms with E-state index in [9.17, 15) is 9.59 Å². The molecule has 1 aliphatic heterocycles. The highest BCUT2D eigenvalue weighted by atomic mass is 35.5. The van der Waals surface area contributed by atoms with Gasteiger partial charge in [-0.2, -0.15) is 0 Å². The molecule has 5 nitrogen and oxygen atoms in total. The molecular weight excluding hydrogens is 362 g/mol. The van der Waals surface area contributed by atoms with E-state index in [1.165, 1.54) is 0 Å². The van der Waals surface area contributed by atoms with Crippen molar-refractivity contribution in [2.75, 3.05) is 6.54 Å². The second kappa shape index (κ2) is 8.55. The second-order valence-corrected chi connectivity index (χ2v) is 7.37. The molecule has 0 aromatic heterocycles. The number of nitrogens with two attached hydrogens (primary N) is 1. The minimum atomic E-state index is -0.572. The lowest BCUT2D eigenvalue weighted by Crippen LogP contribution is -2.53. The van der Waals surface area contributed by atoms with E-state index in [2.05, 4.69) is 5.32 Å². The molecule has 27 heavy (non-hydrogen) atoms. The van der Waals surface area contributed by atoms with Gasteiger partial charge in [-0.15, -0.1) is 0 Å². The Morgan fingerprint density at radius 3 is 2.56 bits per heavy atom. The zero-order valence-electron chi connectivity index (χ0n) is 15.3. The smallest absolute Gasteiger partial charge is 0.256 e. The van der Waals surface area contributed by atoms with Crippen molar-refractivity contribution < 1.29 is 9.59 Å². The van der Waals surface area contributed by atoms with E-state index in [1.54, 1.807) is 29.2 Å². The first-order chi connectivity index (χ1) is 13.0. The molecule has 2 aromatic carbocycles. The molecule has 0 aliphatic carbocycles. The van der Waals surface area contributed by atoms with E-state index in [-0.39, 0.29) is 17.9 Å². The first kappa shape index (κ1) is 19.4. The highest BCUT2D eigenvalue weighted by Gasteiger charge is 2.35. The third-order valence-electron chi connectivity index (χ3n) is 4.82. The molecule has 0 spiro atoms. The number of benzene rings is 2. The summed E-state index contributed by atoms with van der Waals surface area (Å²) in [5.74, 6) is -0.395. The average Bonchev–Trinajstić information content (AvgIpc) is 2.66. The van der Waals surface area contributed by atoms with Crippen LogP contribution in [0.15, 0.2) is 48.5 Å². The SMILES string of the molecule is CC(N)CCNC(=O)C1Cc2ccccc2CN1C(=O)c1ccccc1Cl. The van der Waals surface area contributed by atoms with Crippen molar-refractivity contribution >= 4 is 23.4 Å². The van der Waals surface area contributed by atoms with Gasteiger partial charge in [0.2, 0.25) is 5.91 Å². The summed E-state index contributed by atoms with van der Waals surface area (Å²) >= 11 is 6.22. The number of carbonyl (C=O) groups excluding carboxylic acids is 2. The minimum absolute atomic E-state index is 0.0123. The Labute approximate surface area is 164 Å². The van der Waals surface area contributed by atoms with Crippen LogP contribution in [0.4, 0.5) is 0 Å². The number of rotatable bonds is 5. The number of nitrogens with zero attached hydrogens (tertiary/aromatic N) is 1. The van der Waals surface area contributed by atoms with Crippen molar-refractivity contribution in [2.24, 2.45) is 5.73 Å². The van der Waals surface area contributed by atoms with Gasteiger partial charge in [-0.05, 0) is 36.6 Å². The van der Waals surface area contributed by atoms with Gasteiger partial charge < -0.3 is 16.0 Å². The molecule has 0 fully saturated rings. The lowest BCUT2D eigenvalue weighted by Gasteiger charge is -2.36. The summed E-state index contributed by atoms with van der Waals surface area (Å²) in [6, 6.07) is 14.3. The van der Waals surface area contributed by atoms with Gasteiger partial charge in [0, 0.05) is 25.6 Å². The van der Waals surface area contributed by atoms with Crippen LogP contribution in [-0.4, -0.2) is 35.3 Å². The maximum Gasteiger partial charge on any atom is 0.256 e. The Morgan fingerprint density at radius 1 is 1.19 bits per heavy atom. The maximum atomic E-state index is 13.2. The number of hydrogen-bond acceptors (Lipinski definition) is 3. The zero-order valence-corrected chi connectivity index (χ0v) is 16.1. The summed E-state index contributed by atoms with van der Waals surface area (Å²) in [6.45, 7) is 2.77. The average molecular weight is 386 g/mol. The Hall–Kier alpha value is -2.37. The highest BCUT2D eigenvalue weighted by molar-refractivity contribution is 6.33. The van der Waals surface area contributed by atoms with Crippen molar-refractivity contribution in [3.63, 3.8) is 0 Å². The third-order valence-corrected chi connectivity index (χ3v) is 5.14. The van der Waals surface area contributed by atoms with Crippen molar-refractivity contribution in [3.05, 3.63) is 70.2 Å². The molecule has 2 unspecified atom stereocenters. The fourth-order valence-electron chi connectivity index (χ4n) is 3.30. The fraction of sp³-hybridized carbons (Fsp3) is 0.333. The number of halogens is 1. The summed E-state index contributed by atoms with van der Waals surface area (Å²) < 4.78 is 0. The van der Waals surface area contributed by atoms with Crippen LogP contribution in [0.25, 0.3) is 0 Å². The van der Waals surface area contributed by atoms with Crippen LogP contribution in [0.3, 0.4) is 0 Å². The van der Waals surface area contributed by atoms with Gasteiger partial charge >= 0.3 is 0 Å². The Balaban J connectivity index is 1.87. The molecule has 3 rings (SSSR count).